The molecule has 1 aromatic carbocycles. The molecular formula is C14H14N4O5. The van der Waals surface area contributed by atoms with Gasteiger partial charge in [0.2, 0.25) is 0 Å². The number of methoxy groups -OCH3 is 1. The van der Waals surface area contributed by atoms with Crippen LogP contribution in [0, 0.1) is 10.1 Å². The smallest absolute Gasteiger partial charge is 0.433 e. The molecule has 0 radical (unpaired) electrons. The Bertz CT molecular complexity index is 725. The molecule has 0 saturated carbocycles. The van der Waals surface area contributed by atoms with Gasteiger partial charge in [-0.1, -0.05) is 12.1 Å². The van der Waals surface area contributed by atoms with E-state index in [0.29, 0.717) is 11.4 Å². The first-order valence-corrected chi connectivity index (χ1v) is 6.53. The second-order valence-corrected chi connectivity index (χ2v) is 4.28. The molecule has 1 heterocycles. The number of carbonyl (C=O) groups is 1. The number of furan rings is 1. The van der Waals surface area contributed by atoms with E-state index in [1.807, 2.05) is 12.1 Å². The summed E-state index contributed by atoms with van der Waals surface area (Å²) < 4.78 is 10.0. The molecule has 0 atom stereocenters. The van der Waals surface area contributed by atoms with Crippen LogP contribution in [-0.2, 0) is 4.79 Å². The molecule has 120 valence electrons. The molecule has 2 aromatic rings. The van der Waals surface area contributed by atoms with Crippen LogP contribution in [0.3, 0.4) is 0 Å². The van der Waals surface area contributed by atoms with Gasteiger partial charge in [0.15, 0.2) is 5.76 Å². The molecule has 0 fully saturated rings. The third-order valence-corrected chi connectivity index (χ3v) is 2.72. The van der Waals surface area contributed by atoms with Gasteiger partial charge >= 0.3 is 5.88 Å². The normalized spacial score (nSPS) is 10.5. The van der Waals surface area contributed by atoms with E-state index in [-0.39, 0.29) is 12.3 Å². The van der Waals surface area contributed by atoms with Crippen LogP contribution in [-0.4, -0.2) is 30.7 Å². The van der Waals surface area contributed by atoms with E-state index in [2.05, 4.69) is 15.8 Å². The Labute approximate surface area is 131 Å². The summed E-state index contributed by atoms with van der Waals surface area (Å²) in [5, 5.41) is 17.0. The minimum absolute atomic E-state index is 0.0178. The standard InChI is InChI=1S/C14H14N4O5/c1-22-12-5-3-2-4-11(12)15-9-13(19)17-16-8-10-6-7-14(23-10)18(20)21/h2-8,15H,9H2,1H3,(H,17,19)/b16-8+. The Morgan fingerprint density at radius 3 is 2.87 bits per heavy atom. The van der Waals surface area contributed by atoms with Gasteiger partial charge in [0.25, 0.3) is 5.91 Å². The Morgan fingerprint density at radius 1 is 1.39 bits per heavy atom. The number of para-hydroxylation sites is 2. The van der Waals surface area contributed by atoms with Gasteiger partial charge in [0.1, 0.15) is 10.7 Å². The highest BCUT2D eigenvalue weighted by atomic mass is 16.6. The molecule has 23 heavy (non-hydrogen) atoms. The zero-order valence-corrected chi connectivity index (χ0v) is 12.2. The number of nitrogens with zero attached hydrogens (tertiary/aromatic N) is 2. The molecule has 2 N–H and O–H groups in total. The molecule has 0 unspecified atom stereocenters. The first-order chi connectivity index (χ1) is 11.1. The summed E-state index contributed by atoms with van der Waals surface area (Å²) in [6.07, 6.45) is 1.17. The van der Waals surface area contributed by atoms with Gasteiger partial charge in [-0.25, -0.2) is 5.43 Å². The monoisotopic (exact) mass is 318 g/mol. The number of hydrogen-bond donors (Lipinski definition) is 2. The van der Waals surface area contributed by atoms with Crippen LogP contribution >= 0.6 is 0 Å². The van der Waals surface area contributed by atoms with E-state index >= 15 is 0 Å². The lowest BCUT2D eigenvalue weighted by molar-refractivity contribution is -0.402. The highest BCUT2D eigenvalue weighted by Gasteiger charge is 2.10. The van der Waals surface area contributed by atoms with Crippen molar-refractivity contribution in [2.24, 2.45) is 5.10 Å². The zero-order valence-electron chi connectivity index (χ0n) is 12.2. The molecule has 1 amide bonds. The van der Waals surface area contributed by atoms with Crippen molar-refractivity contribution in [2.45, 2.75) is 0 Å². The van der Waals surface area contributed by atoms with Gasteiger partial charge in [0.05, 0.1) is 31.6 Å². The summed E-state index contributed by atoms with van der Waals surface area (Å²) in [4.78, 5) is 21.4. The van der Waals surface area contributed by atoms with Crippen LogP contribution < -0.4 is 15.5 Å². The predicted molar refractivity (Wildman–Crippen MR) is 82.6 cm³/mol. The van der Waals surface area contributed by atoms with Gasteiger partial charge in [-0.2, -0.15) is 5.10 Å². The number of carbonyl (C=O) groups excluding carboxylic acids is 1. The second kappa shape index (κ2) is 7.59. The summed E-state index contributed by atoms with van der Waals surface area (Å²) in [7, 11) is 1.54. The summed E-state index contributed by atoms with van der Waals surface area (Å²) >= 11 is 0. The lowest BCUT2D eigenvalue weighted by Crippen LogP contribution is -2.26. The van der Waals surface area contributed by atoms with Crippen LogP contribution in [0.2, 0.25) is 0 Å². The molecule has 0 aliphatic rings. The number of benzene rings is 1. The SMILES string of the molecule is COc1ccccc1NCC(=O)N/N=C/c1ccc([N+](=O)[O-])o1. The van der Waals surface area contributed by atoms with E-state index in [9.17, 15) is 14.9 Å². The number of nitro groups is 1. The highest BCUT2D eigenvalue weighted by molar-refractivity contribution is 5.83. The van der Waals surface area contributed by atoms with Crippen LogP contribution in [0.4, 0.5) is 11.6 Å². The average molecular weight is 318 g/mol. The second-order valence-electron chi connectivity index (χ2n) is 4.28. The van der Waals surface area contributed by atoms with Gasteiger partial charge in [-0.15, -0.1) is 0 Å². The highest BCUT2D eigenvalue weighted by Crippen LogP contribution is 2.22. The Morgan fingerprint density at radius 2 is 2.17 bits per heavy atom. The van der Waals surface area contributed by atoms with Crippen molar-refractivity contribution in [1.82, 2.24) is 5.43 Å². The molecule has 9 heteroatoms. The molecule has 1 aromatic heterocycles. The predicted octanol–water partition coefficient (Wildman–Crippen LogP) is 1.76. The number of ether oxygens (including phenoxy) is 1. The maximum atomic E-state index is 11.7. The lowest BCUT2D eigenvalue weighted by atomic mass is 10.3. The number of amides is 1. The summed E-state index contributed by atoms with van der Waals surface area (Å²) in [5.41, 5.74) is 2.95. The summed E-state index contributed by atoms with van der Waals surface area (Å²) in [5.74, 6) is -0.00906. The fourth-order valence-electron chi connectivity index (χ4n) is 1.68. The number of nitrogens with one attached hydrogen (secondary N) is 2. The van der Waals surface area contributed by atoms with E-state index in [1.54, 1.807) is 12.1 Å². The van der Waals surface area contributed by atoms with Crippen molar-refractivity contribution >= 4 is 23.7 Å². The van der Waals surface area contributed by atoms with Gasteiger partial charge in [0, 0.05) is 0 Å². The average Bonchev–Trinajstić information content (AvgIpc) is 3.02. The molecule has 0 bridgehead atoms. The van der Waals surface area contributed by atoms with Crippen molar-refractivity contribution in [3.8, 4) is 5.75 Å². The Balaban J connectivity index is 1.82. The van der Waals surface area contributed by atoms with Gasteiger partial charge in [-0.05, 0) is 18.2 Å². The van der Waals surface area contributed by atoms with Crippen LogP contribution in [0.15, 0.2) is 45.9 Å². The molecule has 9 nitrogen and oxygen atoms in total. The van der Waals surface area contributed by atoms with Crippen molar-refractivity contribution in [2.75, 3.05) is 19.0 Å². The number of hydrazone groups is 1. The Hall–Kier alpha value is -3.36. The summed E-state index contributed by atoms with van der Waals surface area (Å²) in [6, 6.07) is 9.74. The van der Waals surface area contributed by atoms with Crippen molar-refractivity contribution in [3.05, 3.63) is 52.3 Å². The molecule has 0 aliphatic carbocycles. The molecule has 0 aliphatic heterocycles. The van der Waals surface area contributed by atoms with Crippen molar-refractivity contribution in [3.63, 3.8) is 0 Å². The van der Waals surface area contributed by atoms with Gasteiger partial charge < -0.3 is 14.5 Å². The minimum Gasteiger partial charge on any atom is -0.495 e. The molecular weight excluding hydrogens is 304 g/mol. The molecule has 0 saturated heterocycles. The topological polar surface area (TPSA) is 119 Å². The maximum absolute atomic E-state index is 11.7. The zero-order chi connectivity index (χ0) is 16.7. The lowest BCUT2D eigenvalue weighted by Gasteiger charge is -2.09. The van der Waals surface area contributed by atoms with Crippen molar-refractivity contribution < 1.29 is 18.9 Å². The number of anilines is 1. The van der Waals surface area contributed by atoms with Crippen LogP contribution in [0.5, 0.6) is 5.75 Å². The fraction of sp³-hybridized carbons (Fsp3) is 0.143. The third kappa shape index (κ3) is 4.56. The number of hydrogen-bond acceptors (Lipinski definition) is 7. The van der Waals surface area contributed by atoms with E-state index in [4.69, 9.17) is 9.15 Å². The van der Waals surface area contributed by atoms with E-state index in [0.717, 1.165) is 0 Å². The minimum atomic E-state index is -0.660. The molecule has 2 rings (SSSR count). The largest absolute Gasteiger partial charge is 0.495 e. The third-order valence-electron chi connectivity index (χ3n) is 2.72. The number of rotatable bonds is 7. The summed E-state index contributed by atoms with van der Waals surface area (Å²) in [6.45, 7) is -0.0178. The Kier molecular flexibility index (Phi) is 5.29. The van der Waals surface area contributed by atoms with E-state index < -0.39 is 16.7 Å². The maximum Gasteiger partial charge on any atom is 0.433 e. The van der Waals surface area contributed by atoms with Crippen molar-refractivity contribution in [1.29, 1.82) is 0 Å². The first-order valence-electron chi connectivity index (χ1n) is 6.53. The van der Waals surface area contributed by atoms with Crippen LogP contribution in [0.1, 0.15) is 5.76 Å². The fourth-order valence-corrected chi connectivity index (χ4v) is 1.68. The van der Waals surface area contributed by atoms with Gasteiger partial charge in [-0.3, -0.25) is 14.9 Å². The first kappa shape index (κ1) is 16.0. The van der Waals surface area contributed by atoms with E-state index in [1.165, 1.54) is 25.5 Å². The quantitative estimate of drug-likeness (QED) is 0.456. The van der Waals surface area contributed by atoms with Crippen LogP contribution in [0.25, 0.3) is 0 Å². The molecule has 0 spiro atoms.